The molecule has 0 atom stereocenters. The molecule has 0 heterocycles. The summed E-state index contributed by atoms with van der Waals surface area (Å²) in [6.07, 6.45) is 0.457. The number of thiocarbonyl (C=S) groups is 1. The molecular weight excluding hydrogens is 390 g/mol. The van der Waals surface area contributed by atoms with Gasteiger partial charge in [-0.05, 0) is 30.4 Å². The maximum atomic E-state index is 11.2. The Kier molecular flexibility index (Phi) is 6.65. The fourth-order valence-electron chi connectivity index (χ4n) is 2.04. The number of anilines is 1. The summed E-state index contributed by atoms with van der Waals surface area (Å²) in [5.41, 5.74) is 0.0194. The Bertz CT molecular complexity index is 978. The van der Waals surface area contributed by atoms with Crippen molar-refractivity contribution in [1.82, 2.24) is 5.32 Å². The van der Waals surface area contributed by atoms with Crippen LogP contribution in [0.3, 0.4) is 0 Å². The molecule has 0 unspecified atom stereocenters. The molecule has 1 amide bonds. The van der Waals surface area contributed by atoms with Gasteiger partial charge in [0.25, 0.3) is 11.4 Å². The van der Waals surface area contributed by atoms with Crippen LogP contribution in [0.4, 0.5) is 27.5 Å². The summed E-state index contributed by atoms with van der Waals surface area (Å²) in [7, 11) is 1.19. The third kappa shape index (κ3) is 5.28. The Balaban J connectivity index is 2.30. The van der Waals surface area contributed by atoms with Gasteiger partial charge in [-0.3, -0.25) is 30.5 Å². The van der Waals surface area contributed by atoms with Crippen molar-refractivity contribution in [3.8, 4) is 0 Å². The van der Waals surface area contributed by atoms with Crippen LogP contribution in [-0.2, 0) is 4.74 Å². The first kappa shape index (κ1) is 20.4. The van der Waals surface area contributed by atoms with Crippen molar-refractivity contribution < 1.29 is 19.4 Å². The van der Waals surface area contributed by atoms with Crippen LogP contribution in [0.1, 0.15) is 5.56 Å². The first-order chi connectivity index (χ1) is 13.3. The molecule has 0 aromatic heterocycles. The molecule has 11 nitrogen and oxygen atoms in total. The van der Waals surface area contributed by atoms with Gasteiger partial charge in [0.05, 0.1) is 40.0 Å². The van der Waals surface area contributed by atoms with Crippen molar-refractivity contribution in [3.63, 3.8) is 0 Å². The minimum Gasteiger partial charge on any atom is -0.453 e. The number of rotatable bonds is 5. The summed E-state index contributed by atoms with van der Waals surface area (Å²) >= 11 is 4.98. The van der Waals surface area contributed by atoms with E-state index in [0.29, 0.717) is 11.4 Å². The lowest BCUT2D eigenvalue weighted by Crippen LogP contribution is -2.33. The van der Waals surface area contributed by atoms with E-state index in [0.717, 1.165) is 12.1 Å². The van der Waals surface area contributed by atoms with Crippen LogP contribution in [0, 0.1) is 20.2 Å². The van der Waals surface area contributed by atoms with Crippen LogP contribution in [0.15, 0.2) is 47.5 Å². The van der Waals surface area contributed by atoms with Gasteiger partial charge in [-0.15, -0.1) is 0 Å². The van der Waals surface area contributed by atoms with Crippen LogP contribution in [0.25, 0.3) is 0 Å². The lowest BCUT2D eigenvalue weighted by atomic mass is 10.1. The zero-order valence-electron chi connectivity index (χ0n) is 14.3. The highest BCUT2D eigenvalue weighted by Crippen LogP contribution is 2.27. The first-order valence-corrected chi connectivity index (χ1v) is 7.94. The number of nitro groups is 2. The summed E-state index contributed by atoms with van der Waals surface area (Å²) in [4.78, 5) is 35.9. The molecule has 0 fully saturated rings. The molecule has 0 saturated carbocycles. The van der Waals surface area contributed by atoms with Crippen molar-refractivity contribution in [1.29, 1.82) is 0 Å². The molecule has 2 aromatic rings. The summed E-state index contributed by atoms with van der Waals surface area (Å²) in [5.74, 6) is 0. The number of para-hydroxylation sites is 2. The van der Waals surface area contributed by atoms with Crippen molar-refractivity contribution in [2.45, 2.75) is 0 Å². The van der Waals surface area contributed by atoms with Gasteiger partial charge >= 0.3 is 6.09 Å². The average Bonchev–Trinajstić information content (AvgIpc) is 2.66. The molecule has 0 spiro atoms. The van der Waals surface area contributed by atoms with Crippen LogP contribution >= 0.6 is 12.2 Å². The Morgan fingerprint density at radius 1 is 1.18 bits per heavy atom. The van der Waals surface area contributed by atoms with Crippen LogP contribution in [-0.4, -0.2) is 34.4 Å². The van der Waals surface area contributed by atoms with Gasteiger partial charge in [0.1, 0.15) is 0 Å². The monoisotopic (exact) mass is 403 g/mol. The molecule has 0 aliphatic rings. The number of hydrogen-bond donors (Lipinski definition) is 2. The molecule has 144 valence electrons. The summed E-state index contributed by atoms with van der Waals surface area (Å²) in [5, 5.41) is 27.0. The highest BCUT2D eigenvalue weighted by atomic mass is 32.1. The smallest absolute Gasteiger partial charge is 0.413 e. The second-order valence-electron chi connectivity index (χ2n) is 5.10. The van der Waals surface area contributed by atoms with Crippen LogP contribution < -0.4 is 10.6 Å². The number of benzene rings is 2. The number of hydrogen-bond acceptors (Lipinski definition) is 8. The Morgan fingerprint density at radius 3 is 2.54 bits per heavy atom. The topological polar surface area (TPSA) is 149 Å². The van der Waals surface area contributed by atoms with E-state index in [4.69, 9.17) is 12.2 Å². The number of non-ortho nitro benzene ring substituents is 1. The predicted molar refractivity (Wildman–Crippen MR) is 105 cm³/mol. The molecular formula is C16H13N5O6S. The molecule has 28 heavy (non-hydrogen) atoms. The Labute approximate surface area is 163 Å². The number of ether oxygens (including phenoxy) is 1. The van der Waals surface area contributed by atoms with Gasteiger partial charge < -0.3 is 10.1 Å². The number of methoxy groups -OCH3 is 1. The lowest BCUT2D eigenvalue weighted by Gasteiger charge is -2.10. The van der Waals surface area contributed by atoms with Crippen molar-refractivity contribution in [2.24, 2.45) is 4.99 Å². The standard InChI is InChI=1S/C16H13N5O6S/c1-27-16(22)19-15(28)18-13-5-3-2-4-12(13)17-9-10-6-7-11(20(23)24)8-14(10)21(25)26/h2-9H,1H3,(H2,18,19,22,28). The third-order valence-electron chi connectivity index (χ3n) is 3.32. The van der Waals surface area contributed by atoms with E-state index in [1.807, 2.05) is 0 Å². The number of aliphatic imine (C=N–C) groups is 1. The van der Waals surface area contributed by atoms with Gasteiger partial charge in [-0.1, -0.05) is 12.1 Å². The van der Waals surface area contributed by atoms with Crippen LogP contribution in [0.2, 0.25) is 0 Å². The number of nitrogens with one attached hydrogen (secondary N) is 2. The second-order valence-corrected chi connectivity index (χ2v) is 5.51. The molecule has 12 heteroatoms. The minimum atomic E-state index is -0.750. The molecule has 2 N–H and O–H groups in total. The predicted octanol–water partition coefficient (Wildman–Crippen LogP) is 3.31. The summed E-state index contributed by atoms with van der Waals surface area (Å²) in [6, 6.07) is 9.85. The third-order valence-corrected chi connectivity index (χ3v) is 3.52. The van der Waals surface area contributed by atoms with Crippen molar-refractivity contribution in [2.75, 3.05) is 12.4 Å². The highest BCUT2D eigenvalue weighted by Gasteiger charge is 2.18. The number of carbonyl (C=O) groups excluding carboxylic acids is 1. The van der Waals surface area contributed by atoms with Crippen molar-refractivity contribution >= 4 is 52.4 Å². The van der Waals surface area contributed by atoms with Crippen molar-refractivity contribution in [3.05, 3.63) is 68.3 Å². The van der Waals surface area contributed by atoms with Gasteiger partial charge in [0, 0.05) is 12.3 Å². The van der Waals surface area contributed by atoms with E-state index >= 15 is 0 Å². The zero-order chi connectivity index (χ0) is 20.7. The fourth-order valence-corrected chi connectivity index (χ4v) is 2.23. The largest absolute Gasteiger partial charge is 0.453 e. The van der Waals surface area contributed by atoms with Crippen LogP contribution in [0.5, 0.6) is 0 Å². The Morgan fingerprint density at radius 2 is 1.89 bits per heavy atom. The zero-order valence-corrected chi connectivity index (χ0v) is 15.1. The van der Waals surface area contributed by atoms with E-state index in [1.54, 1.807) is 24.3 Å². The summed E-state index contributed by atoms with van der Waals surface area (Å²) < 4.78 is 4.44. The maximum Gasteiger partial charge on any atom is 0.413 e. The SMILES string of the molecule is COC(=O)NC(=S)Nc1ccccc1N=Cc1ccc([N+](=O)[O-])cc1[N+](=O)[O-]. The van der Waals surface area contributed by atoms with Gasteiger partial charge in [-0.25, -0.2) is 4.79 Å². The number of alkyl carbamates (subject to hydrolysis) is 1. The van der Waals surface area contributed by atoms with E-state index in [9.17, 15) is 25.0 Å². The quantitative estimate of drug-likeness (QED) is 0.334. The fraction of sp³-hybridized carbons (Fsp3) is 0.0625. The van der Waals surface area contributed by atoms with Gasteiger partial charge in [0.2, 0.25) is 0 Å². The molecule has 2 rings (SSSR count). The normalized spacial score (nSPS) is 10.3. The number of nitro benzene ring substituents is 2. The number of carbonyl (C=O) groups is 1. The first-order valence-electron chi connectivity index (χ1n) is 7.53. The molecule has 2 aromatic carbocycles. The van der Waals surface area contributed by atoms with Gasteiger partial charge in [0.15, 0.2) is 5.11 Å². The maximum absolute atomic E-state index is 11.2. The highest BCUT2D eigenvalue weighted by molar-refractivity contribution is 7.80. The van der Waals surface area contributed by atoms with Gasteiger partial charge in [-0.2, -0.15) is 0 Å². The van der Waals surface area contributed by atoms with E-state index in [2.05, 4.69) is 20.4 Å². The number of amides is 1. The van der Waals surface area contributed by atoms with E-state index in [1.165, 1.54) is 19.4 Å². The average molecular weight is 403 g/mol. The molecule has 0 aliphatic carbocycles. The molecule has 0 aliphatic heterocycles. The van der Waals surface area contributed by atoms with E-state index in [-0.39, 0.29) is 10.7 Å². The Hall–Kier alpha value is -3.93. The second kappa shape index (κ2) is 9.14. The van der Waals surface area contributed by atoms with E-state index < -0.39 is 27.3 Å². The molecule has 0 radical (unpaired) electrons. The number of nitrogens with zero attached hydrogens (tertiary/aromatic N) is 3. The molecule has 0 bridgehead atoms. The minimum absolute atomic E-state index is 0.0317. The lowest BCUT2D eigenvalue weighted by molar-refractivity contribution is -0.394. The summed E-state index contributed by atoms with van der Waals surface area (Å²) in [6.45, 7) is 0. The molecule has 0 saturated heterocycles.